The summed E-state index contributed by atoms with van der Waals surface area (Å²) in [5, 5.41) is 0. The first-order valence-electron chi connectivity index (χ1n) is 1.34. The molecule has 0 rings (SSSR count). The van der Waals surface area contributed by atoms with Crippen LogP contribution in [0.15, 0.2) is 12.7 Å². The fourth-order valence-electron chi connectivity index (χ4n) is 0.0481. The van der Waals surface area contributed by atoms with Gasteiger partial charge in [-0.25, -0.2) is 4.79 Å². The summed E-state index contributed by atoms with van der Waals surface area (Å²) < 4.78 is 0. The lowest BCUT2D eigenvalue weighted by atomic mass is 10.7. The predicted octanol–water partition coefficient (Wildman–Crippen LogP) is -1.33. The first-order chi connectivity index (χ1) is 2.81. The Balaban J connectivity index is 0. The zero-order chi connectivity index (χ0) is 4.99. The Morgan fingerprint density at radius 1 is 1.86 bits per heavy atom. The molecule has 0 spiro atoms. The van der Waals surface area contributed by atoms with Crippen molar-refractivity contribution >= 4 is 29.0 Å². The third kappa shape index (κ3) is 5.94. The lowest BCUT2D eigenvalue weighted by Gasteiger charge is -1.81. The Bertz CT molecular complexity index is 73.3. The second kappa shape index (κ2) is 5.94. The lowest BCUT2D eigenvalue weighted by molar-refractivity contribution is -0.138. The van der Waals surface area contributed by atoms with Gasteiger partial charge < -0.3 is 4.84 Å². The zero-order valence-corrected chi connectivity index (χ0v) is 3.18. The van der Waals surface area contributed by atoms with Crippen LogP contribution >= 0.6 is 0 Å². The third-order valence-corrected chi connectivity index (χ3v) is 0.283. The van der Waals surface area contributed by atoms with E-state index in [1.54, 1.807) is 0 Å². The molecule has 0 bridgehead atoms. The average molecular weight is 113 g/mol. The molecule has 0 fully saturated rings. The lowest BCUT2D eigenvalue weighted by Crippen LogP contribution is -2.04. The fourth-order valence-corrected chi connectivity index (χ4v) is 0.0481. The van der Waals surface area contributed by atoms with Gasteiger partial charge in [0.15, 0.2) is 0 Å². The molecule has 0 aliphatic carbocycles. The molecule has 0 aromatic heterocycles. The molecule has 7 heavy (non-hydrogen) atoms. The third-order valence-electron chi connectivity index (χ3n) is 0.283. The number of carbonyl (C=O) groups excluding carboxylic acids is 1. The van der Waals surface area contributed by atoms with Gasteiger partial charge in [-0.3, -0.25) is 0 Å². The summed E-state index contributed by atoms with van der Waals surface area (Å²) in [7, 11) is 0. The number of nitrogens with two attached hydrogens (primary N) is 1. The van der Waals surface area contributed by atoms with Crippen molar-refractivity contribution in [2.24, 2.45) is 5.90 Å². The van der Waals surface area contributed by atoms with Gasteiger partial charge in [0, 0.05) is 6.08 Å². The van der Waals surface area contributed by atoms with Crippen molar-refractivity contribution in [1.29, 1.82) is 0 Å². The molecule has 38 valence electrons. The number of rotatable bonds is 1. The fraction of sp³-hybridized carbons (Fsp3) is 0. The van der Waals surface area contributed by atoms with E-state index in [0.29, 0.717) is 0 Å². The van der Waals surface area contributed by atoms with Crippen molar-refractivity contribution in [3.63, 3.8) is 0 Å². The van der Waals surface area contributed by atoms with E-state index in [0.717, 1.165) is 6.08 Å². The summed E-state index contributed by atoms with van der Waals surface area (Å²) >= 11 is 0. The number of hydrogen-bond acceptors (Lipinski definition) is 3. The highest BCUT2D eigenvalue weighted by atomic mass is 24.3. The summed E-state index contributed by atoms with van der Waals surface area (Å²) in [6, 6.07) is 0. The Hall–Kier alpha value is -0.0638. The van der Waals surface area contributed by atoms with E-state index >= 15 is 0 Å². The molecule has 2 N–H and O–H groups in total. The molecule has 0 saturated heterocycles. The van der Waals surface area contributed by atoms with Crippen LogP contribution in [0.5, 0.6) is 0 Å². The second-order valence-electron chi connectivity index (χ2n) is 0.641. The molecule has 0 heterocycles. The van der Waals surface area contributed by atoms with Crippen LogP contribution < -0.4 is 5.90 Å². The van der Waals surface area contributed by atoms with E-state index in [1.165, 1.54) is 0 Å². The SMILES string of the molecule is C=CC(=O)ON.[MgH2]. The van der Waals surface area contributed by atoms with E-state index in [4.69, 9.17) is 0 Å². The minimum Gasteiger partial charge on any atom is -0.370 e. The maximum atomic E-state index is 9.72. The summed E-state index contributed by atoms with van der Waals surface area (Å²) in [5.74, 6) is 3.75. The highest BCUT2D eigenvalue weighted by Gasteiger charge is 1.83. The molecular formula is C3H7MgNO2. The van der Waals surface area contributed by atoms with Gasteiger partial charge in [-0.15, -0.1) is 0 Å². The predicted molar refractivity (Wildman–Crippen MR) is 29.0 cm³/mol. The average Bonchev–Trinajstić information content (AvgIpc) is 1.65. The Morgan fingerprint density at radius 2 is 2.29 bits per heavy atom. The molecule has 0 amide bonds. The molecule has 0 aromatic carbocycles. The molecule has 4 heteroatoms. The summed E-state index contributed by atoms with van der Waals surface area (Å²) in [6.45, 7) is 3.08. The minimum absolute atomic E-state index is 0. The van der Waals surface area contributed by atoms with E-state index < -0.39 is 5.97 Å². The van der Waals surface area contributed by atoms with Crippen molar-refractivity contribution in [3.8, 4) is 0 Å². The summed E-state index contributed by atoms with van der Waals surface area (Å²) in [4.78, 5) is 13.4. The minimum atomic E-state index is -0.616. The molecule has 0 aromatic rings. The van der Waals surface area contributed by atoms with Crippen molar-refractivity contribution < 1.29 is 9.63 Å². The highest BCUT2D eigenvalue weighted by molar-refractivity contribution is 5.80. The molecular weight excluding hydrogens is 106 g/mol. The van der Waals surface area contributed by atoms with Crippen LogP contribution in [0, 0.1) is 0 Å². The van der Waals surface area contributed by atoms with Gasteiger partial charge in [-0.2, -0.15) is 5.90 Å². The molecule has 0 aliphatic rings. The standard InChI is InChI=1S/C3H5NO2.Mg.2H/c1-2-3(5)6-4;;;/h2H,1,4H2;;;. The second-order valence-corrected chi connectivity index (χ2v) is 0.641. The number of hydrogen-bond donors (Lipinski definition) is 1. The zero-order valence-electron chi connectivity index (χ0n) is 3.18. The first kappa shape index (κ1) is 10.0. The number of carbonyl (C=O) groups is 1. The summed E-state index contributed by atoms with van der Waals surface area (Å²) in [6.07, 6.45) is 0.986. The largest absolute Gasteiger partial charge is 0.370 e. The van der Waals surface area contributed by atoms with Crippen molar-refractivity contribution in [2.75, 3.05) is 0 Å². The Morgan fingerprint density at radius 3 is 2.29 bits per heavy atom. The highest BCUT2D eigenvalue weighted by Crippen LogP contribution is 1.64. The first-order valence-corrected chi connectivity index (χ1v) is 1.34. The van der Waals surface area contributed by atoms with E-state index in [1.807, 2.05) is 0 Å². The molecule has 0 unspecified atom stereocenters. The van der Waals surface area contributed by atoms with Crippen LogP contribution in [0.3, 0.4) is 0 Å². The van der Waals surface area contributed by atoms with Crippen LogP contribution in [-0.2, 0) is 9.63 Å². The van der Waals surface area contributed by atoms with Gasteiger partial charge in [0.05, 0.1) is 0 Å². The summed E-state index contributed by atoms with van der Waals surface area (Å²) in [5.41, 5.74) is 0. The molecule has 0 saturated carbocycles. The Labute approximate surface area is 57.6 Å². The molecule has 3 nitrogen and oxygen atoms in total. The molecule has 0 atom stereocenters. The quantitative estimate of drug-likeness (QED) is 0.261. The van der Waals surface area contributed by atoms with Gasteiger partial charge in [0.1, 0.15) is 0 Å². The molecule has 0 radical (unpaired) electrons. The van der Waals surface area contributed by atoms with Crippen LogP contribution in [0.4, 0.5) is 0 Å². The normalized spacial score (nSPS) is 5.86. The van der Waals surface area contributed by atoms with Gasteiger partial charge in [0.25, 0.3) is 0 Å². The topological polar surface area (TPSA) is 52.3 Å². The smallest absolute Gasteiger partial charge is 0.348 e. The maximum absolute atomic E-state index is 9.72. The van der Waals surface area contributed by atoms with Crippen molar-refractivity contribution in [2.45, 2.75) is 0 Å². The molecule has 0 aliphatic heterocycles. The van der Waals surface area contributed by atoms with Crippen LogP contribution in [-0.4, -0.2) is 29.0 Å². The van der Waals surface area contributed by atoms with Crippen molar-refractivity contribution in [3.05, 3.63) is 12.7 Å². The maximum Gasteiger partial charge on any atom is 0.348 e. The van der Waals surface area contributed by atoms with E-state index in [2.05, 4.69) is 17.3 Å². The van der Waals surface area contributed by atoms with Crippen molar-refractivity contribution in [1.82, 2.24) is 0 Å². The van der Waals surface area contributed by atoms with Gasteiger partial charge in [-0.05, 0) is 0 Å². The van der Waals surface area contributed by atoms with Crippen LogP contribution in [0.2, 0.25) is 0 Å². The van der Waals surface area contributed by atoms with E-state index in [9.17, 15) is 4.79 Å². The Kier molecular flexibility index (Phi) is 8.51. The van der Waals surface area contributed by atoms with Gasteiger partial charge in [-0.1, -0.05) is 6.58 Å². The van der Waals surface area contributed by atoms with E-state index in [-0.39, 0.29) is 23.1 Å². The van der Waals surface area contributed by atoms with Gasteiger partial charge >= 0.3 is 29.0 Å². The monoisotopic (exact) mass is 113 g/mol. The van der Waals surface area contributed by atoms with Crippen LogP contribution in [0.1, 0.15) is 0 Å². The van der Waals surface area contributed by atoms with Crippen LogP contribution in [0.25, 0.3) is 0 Å². The van der Waals surface area contributed by atoms with Gasteiger partial charge in [0.2, 0.25) is 0 Å².